The minimum Gasteiger partial charge on any atom is -0.454 e. The molecular weight excluding hydrogens is 565 g/mol. The Morgan fingerprint density at radius 2 is 1.79 bits per heavy atom. The molecule has 1 aromatic heterocycles. The van der Waals surface area contributed by atoms with Gasteiger partial charge in [-0.3, -0.25) is 9.69 Å². The molecule has 1 saturated heterocycles. The molecule has 3 heterocycles. The van der Waals surface area contributed by atoms with Crippen molar-refractivity contribution < 1.29 is 19.4 Å². The molecule has 2 aliphatic heterocycles. The number of benzene rings is 2. The summed E-state index contributed by atoms with van der Waals surface area (Å²) in [4.78, 5) is 22.0. The number of nitrogens with one attached hydrogen (secondary N) is 1. The summed E-state index contributed by atoms with van der Waals surface area (Å²) >= 11 is 6.29. The van der Waals surface area contributed by atoms with Crippen LogP contribution < -0.4 is 19.7 Å². The number of halogens is 3. The molecule has 0 aliphatic carbocycles. The number of anilines is 1. The number of aromatic nitrogens is 2. The molecule has 212 valence electrons. The molecule has 12 heteroatoms. The fraction of sp³-hybridized carbons (Fsp3) is 0.407. The molecule has 39 heavy (non-hydrogen) atoms. The SMILES string of the molecule is Cc1c(Cl)cccc1N1CCN(CC(O)CNC(=O)c2nc(C)n(-c3ccc4c(c3)OCO4)c2C)CC1.Cl.Cl. The van der Waals surface area contributed by atoms with Gasteiger partial charge in [0, 0.05) is 56.0 Å². The average Bonchev–Trinajstić information content (AvgIpc) is 3.48. The first-order chi connectivity index (χ1) is 17.8. The van der Waals surface area contributed by atoms with E-state index in [4.69, 9.17) is 21.1 Å². The van der Waals surface area contributed by atoms with Crippen LogP contribution in [-0.4, -0.2) is 77.6 Å². The van der Waals surface area contributed by atoms with Gasteiger partial charge >= 0.3 is 0 Å². The van der Waals surface area contributed by atoms with Crippen LogP contribution in [0, 0.1) is 20.8 Å². The number of aliphatic hydroxyl groups excluding tert-OH is 1. The third-order valence-corrected chi connectivity index (χ3v) is 7.43. The second kappa shape index (κ2) is 13.1. The number of rotatable bonds is 7. The Labute approximate surface area is 245 Å². The Kier molecular flexibility index (Phi) is 10.4. The molecule has 5 rings (SSSR count). The van der Waals surface area contributed by atoms with Crippen molar-refractivity contribution in [3.63, 3.8) is 0 Å². The highest BCUT2D eigenvalue weighted by Crippen LogP contribution is 2.34. The van der Waals surface area contributed by atoms with E-state index < -0.39 is 6.10 Å². The van der Waals surface area contributed by atoms with Gasteiger partial charge in [-0.05, 0) is 50.6 Å². The van der Waals surface area contributed by atoms with Crippen molar-refractivity contribution in [2.45, 2.75) is 26.9 Å². The molecule has 0 saturated carbocycles. The molecule has 1 atom stereocenters. The van der Waals surface area contributed by atoms with E-state index in [9.17, 15) is 9.90 Å². The summed E-state index contributed by atoms with van der Waals surface area (Å²) in [6.45, 7) is 9.97. The third kappa shape index (κ3) is 6.56. The highest BCUT2D eigenvalue weighted by molar-refractivity contribution is 6.31. The Hall–Kier alpha value is -2.69. The van der Waals surface area contributed by atoms with Gasteiger partial charge in [-0.1, -0.05) is 17.7 Å². The molecule has 0 spiro atoms. The van der Waals surface area contributed by atoms with E-state index >= 15 is 0 Å². The standard InChI is InChI=1S/C27H32ClN5O4.2ClH/c1-17-22(28)5-4-6-23(17)32-11-9-31(10-12-32)15-21(34)14-29-27(35)26-18(2)33(19(3)30-26)20-7-8-24-25(13-20)37-16-36-24;;/h4-8,13,21,34H,9-12,14-16H2,1-3H3,(H,29,35);2*1H. The van der Waals surface area contributed by atoms with E-state index in [1.54, 1.807) is 0 Å². The van der Waals surface area contributed by atoms with Crippen molar-refractivity contribution in [1.29, 1.82) is 0 Å². The van der Waals surface area contributed by atoms with Gasteiger partial charge in [0.15, 0.2) is 11.5 Å². The van der Waals surface area contributed by atoms with Crippen LogP contribution in [0.3, 0.4) is 0 Å². The van der Waals surface area contributed by atoms with Crippen LogP contribution in [0.2, 0.25) is 5.02 Å². The number of fused-ring (bicyclic) bond motifs is 1. The smallest absolute Gasteiger partial charge is 0.271 e. The van der Waals surface area contributed by atoms with Crippen molar-refractivity contribution >= 4 is 48.0 Å². The predicted molar refractivity (Wildman–Crippen MR) is 157 cm³/mol. The molecule has 1 fully saturated rings. The van der Waals surface area contributed by atoms with E-state index in [1.807, 2.05) is 55.7 Å². The number of aryl methyl sites for hydroxylation is 1. The number of hydrogen-bond acceptors (Lipinski definition) is 7. The number of aliphatic hydroxyl groups is 1. The van der Waals surface area contributed by atoms with Gasteiger partial charge in [0.25, 0.3) is 5.91 Å². The molecule has 0 radical (unpaired) electrons. The predicted octanol–water partition coefficient (Wildman–Crippen LogP) is 3.94. The van der Waals surface area contributed by atoms with Crippen molar-refractivity contribution in [1.82, 2.24) is 19.8 Å². The second-order valence-corrected chi connectivity index (χ2v) is 9.91. The summed E-state index contributed by atoms with van der Waals surface area (Å²) < 4.78 is 12.8. The van der Waals surface area contributed by atoms with Crippen LogP contribution in [-0.2, 0) is 0 Å². The maximum absolute atomic E-state index is 12.9. The fourth-order valence-corrected chi connectivity index (χ4v) is 5.20. The quantitative estimate of drug-likeness (QED) is 0.426. The van der Waals surface area contributed by atoms with Gasteiger partial charge in [0.2, 0.25) is 6.79 Å². The molecule has 3 aromatic rings. The Morgan fingerprint density at radius 1 is 1.08 bits per heavy atom. The Bertz CT molecular complexity index is 1310. The first-order valence-electron chi connectivity index (χ1n) is 12.5. The van der Waals surface area contributed by atoms with E-state index in [1.165, 1.54) is 0 Å². The summed E-state index contributed by atoms with van der Waals surface area (Å²) in [5.41, 5.74) is 4.15. The molecule has 2 aliphatic rings. The lowest BCUT2D eigenvalue weighted by atomic mass is 10.1. The Morgan fingerprint density at radius 3 is 2.54 bits per heavy atom. The number of piperazine rings is 1. The lowest BCUT2D eigenvalue weighted by Crippen LogP contribution is -2.50. The van der Waals surface area contributed by atoms with E-state index in [0.29, 0.717) is 29.6 Å². The molecule has 2 aromatic carbocycles. The monoisotopic (exact) mass is 597 g/mol. The number of nitrogens with zero attached hydrogens (tertiary/aromatic N) is 4. The van der Waals surface area contributed by atoms with Crippen molar-refractivity contribution in [3.05, 3.63) is 64.2 Å². The molecule has 0 bridgehead atoms. The summed E-state index contributed by atoms with van der Waals surface area (Å²) in [6.07, 6.45) is -0.680. The number of carbonyl (C=O) groups is 1. The summed E-state index contributed by atoms with van der Waals surface area (Å²) in [7, 11) is 0. The van der Waals surface area contributed by atoms with Gasteiger partial charge in [-0.25, -0.2) is 4.98 Å². The summed E-state index contributed by atoms with van der Waals surface area (Å²) in [5, 5.41) is 14.2. The molecule has 1 amide bonds. The molecular formula is C27H34Cl3N5O4. The van der Waals surface area contributed by atoms with E-state index in [0.717, 1.165) is 53.8 Å². The van der Waals surface area contributed by atoms with Crippen LogP contribution in [0.5, 0.6) is 11.5 Å². The number of β-amino-alcohol motifs (C(OH)–C–C–N with tert-alkyl or cyclic N) is 1. The minimum absolute atomic E-state index is 0. The number of amides is 1. The fourth-order valence-electron chi connectivity index (χ4n) is 5.03. The number of imidazole rings is 1. The van der Waals surface area contributed by atoms with Gasteiger partial charge in [0.1, 0.15) is 11.5 Å². The van der Waals surface area contributed by atoms with Gasteiger partial charge in [-0.15, -0.1) is 24.8 Å². The maximum Gasteiger partial charge on any atom is 0.271 e. The van der Waals surface area contributed by atoms with Gasteiger partial charge in [0.05, 0.1) is 17.5 Å². The number of carbonyl (C=O) groups excluding carboxylic acids is 1. The van der Waals surface area contributed by atoms with E-state index in [-0.39, 0.29) is 44.1 Å². The normalized spacial score (nSPS) is 15.4. The lowest BCUT2D eigenvalue weighted by Gasteiger charge is -2.37. The van der Waals surface area contributed by atoms with Crippen LogP contribution in [0.1, 0.15) is 27.6 Å². The maximum atomic E-state index is 12.9. The van der Waals surface area contributed by atoms with Crippen LogP contribution in [0.25, 0.3) is 5.69 Å². The first kappa shape index (κ1) is 30.8. The van der Waals surface area contributed by atoms with Crippen molar-refractivity contribution in [2.75, 3.05) is 51.0 Å². The van der Waals surface area contributed by atoms with Crippen molar-refractivity contribution in [3.8, 4) is 17.2 Å². The summed E-state index contributed by atoms with van der Waals surface area (Å²) in [6, 6.07) is 11.6. The topological polar surface area (TPSA) is 92.1 Å². The van der Waals surface area contributed by atoms with Crippen molar-refractivity contribution in [2.24, 2.45) is 0 Å². The number of hydrogen-bond donors (Lipinski definition) is 2. The van der Waals surface area contributed by atoms with Gasteiger partial charge in [-0.2, -0.15) is 0 Å². The summed E-state index contributed by atoms with van der Waals surface area (Å²) in [5.74, 6) is 1.75. The van der Waals surface area contributed by atoms with Crippen LogP contribution in [0.4, 0.5) is 5.69 Å². The average molecular weight is 599 g/mol. The zero-order valence-electron chi connectivity index (χ0n) is 22.1. The highest BCUT2D eigenvalue weighted by Gasteiger charge is 2.23. The highest BCUT2D eigenvalue weighted by atomic mass is 35.5. The molecule has 1 unspecified atom stereocenters. The third-order valence-electron chi connectivity index (χ3n) is 7.02. The molecule has 2 N–H and O–H groups in total. The van der Waals surface area contributed by atoms with Crippen LogP contribution in [0.15, 0.2) is 36.4 Å². The largest absolute Gasteiger partial charge is 0.454 e. The zero-order chi connectivity index (χ0) is 26.1. The van der Waals surface area contributed by atoms with Gasteiger partial charge < -0.3 is 29.4 Å². The second-order valence-electron chi connectivity index (χ2n) is 9.50. The Balaban J connectivity index is 0.00000210. The lowest BCUT2D eigenvalue weighted by molar-refractivity contribution is 0.0847. The first-order valence-corrected chi connectivity index (χ1v) is 12.8. The van der Waals surface area contributed by atoms with Crippen LogP contribution >= 0.6 is 36.4 Å². The molecule has 9 nitrogen and oxygen atoms in total. The minimum atomic E-state index is -0.680. The van der Waals surface area contributed by atoms with E-state index in [2.05, 4.69) is 26.2 Å². The number of ether oxygens (including phenoxy) is 2. The zero-order valence-corrected chi connectivity index (χ0v) is 24.5.